The Morgan fingerprint density at radius 2 is 1.96 bits per heavy atom. The summed E-state index contributed by atoms with van der Waals surface area (Å²) in [5, 5.41) is 7.30. The first kappa shape index (κ1) is 18.0. The van der Waals surface area contributed by atoms with Crippen molar-refractivity contribution in [2.24, 2.45) is 0 Å². The van der Waals surface area contributed by atoms with Gasteiger partial charge >= 0.3 is 0 Å². The van der Waals surface area contributed by atoms with Crippen molar-refractivity contribution in [1.82, 2.24) is 9.78 Å². The quantitative estimate of drug-likeness (QED) is 0.731. The number of hydrogen-bond acceptors (Lipinski definition) is 4. The highest BCUT2D eigenvalue weighted by Crippen LogP contribution is 2.32. The molecule has 1 heterocycles. The summed E-state index contributed by atoms with van der Waals surface area (Å²) in [5.41, 5.74) is 2.93. The van der Waals surface area contributed by atoms with Gasteiger partial charge < -0.3 is 14.8 Å². The number of amides is 1. The van der Waals surface area contributed by atoms with Gasteiger partial charge in [0, 0.05) is 17.3 Å². The summed E-state index contributed by atoms with van der Waals surface area (Å²) in [5.74, 6) is 0.387. The Balaban J connectivity index is 1.70. The van der Waals surface area contributed by atoms with Crippen molar-refractivity contribution < 1.29 is 18.7 Å². The number of carbonyl (C=O) groups excluding carboxylic acids is 1. The summed E-state index contributed by atoms with van der Waals surface area (Å²) in [6, 6.07) is 11.6. The van der Waals surface area contributed by atoms with Crippen LogP contribution in [0.5, 0.6) is 11.5 Å². The monoisotopic (exact) mass is 381 g/mol. The van der Waals surface area contributed by atoms with Crippen LogP contribution in [0.4, 0.5) is 10.1 Å². The topological polar surface area (TPSA) is 65.4 Å². The minimum absolute atomic E-state index is 0.314. The number of ether oxygens (including phenoxy) is 2. The minimum Gasteiger partial charge on any atom is -0.497 e. The summed E-state index contributed by atoms with van der Waals surface area (Å²) in [7, 11) is 3.08. The molecule has 0 spiro atoms. The molecule has 1 aliphatic rings. The lowest BCUT2D eigenvalue weighted by atomic mass is 10.2. The normalized spacial score (nSPS) is 12.5. The number of rotatable bonds is 5. The molecule has 0 radical (unpaired) electrons. The molecule has 3 aromatic rings. The number of anilines is 1. The second kappa shape index (κ2) is 7.34. The third-order valence-electron chi connectivity index (χ3n) is 4.88. The molecule has 0 saturated carbocycles. The minimum atomic E-state index is -0.372. The first-order chi connectivity index (χ1) is 13.6. The van der Waals surface area contributed by atoms with Gasteiger partial charge in [0.25, 0.3) is 5.91 Å². The molecule has 2 aromatic carbocycles. The van der Waals surface area contributed by atoms with E-state index in [0.29, 0.717) is 28.6 Å². The van der Waals surface area contributed by atoms with Gasteiger partial charge in [-0.15, -0.1) is 0 Å². The molecule has 1 amide bonds. The van der Waals surface area contributed by atoms with Gasteiger partial charge in [-0.25, -0.2) is 9.07 Å². The van der Waals surface area contributed by atoms with Gasteiger partial charge in [-0.1, -0.05) is 12.1 Å². The first-order valence-electron chi connectivity index (χ1n) is 9.01. The predicted molar refractivity (Wildman–Crippen MR) is 103 cm³/mol. The Kier molecular flexibility index (Phi) is 4.73. The van der Waals surface area contributed by atoms with Gasteiger partial charge in [-0.2, -0.15) is 5.10 Å². The number of nitrogens with one attached hydrogen (secondary N) is 1. The van der Waals surface area contributed by atoms with Crippen LogP contribution in [0.25, 0.3) is 5.69 Å². The molecule has 0 atom stereocenters. The first-order valence-corrected chi connectivity index (χ1v) is 9.01. The number of nitrogens with zero attached hydrogens (tertiary/aromatic N) is 2. The zero-order valence-electron chi connectivity index (χ0n) is 15.7. The lowest BCUT2D eigenvalue weighted by molar-refractivity contribution is 0.102. The molecule has 0 saturated heterocycles. The van der Waals surface area contributed by atoms with Crippen LogP contribution in [-0.2, 0) is 12.8 Å². The summed E-state index contributed by atoms with van der Waals surface area (Å²) in [6.07, 6.45) is 2.41. The van der Waals surface area contributed by atoms with Crippen LogP contribution in [-0.4, -0.2) is 29.9 Å². The number of hydrogen-bond donors (Lipinski definition) is 1. The third-order valence-corrected chi connectivity index (χ3v) is 4.88. The van der Waals surface area contributed by atoms with Gasteiger partial charge in [0.2, 0.25) is 0 Å². The Morgan fingerprint density at radius 3 is 2.71 bits per heavy atom. The molecule has 0 unspecified atom stereocenters. The maximum Gasteiger partial charge on any atom is 0.276 e. The molecule has 1 N–H and O–H groups in total. The maximum atomic E-state index is 14.3. The fourth-order valence-corrected chi connectivity index (χ4v) is 3.53. The number of halogens is 1. The van der Waals surface area contributed by atoms with Crippen molar-refractivity contribution in [2.75, 3.05) is 19.5 Å². The third kappa shape index (κ3) is 3.09. The summed E-state index contributed by atoms with van der Waals surface area (Å²) >= 11 is 0. The summed E-state index contributed by atoms with van der Waals surface area (Å²) in [4.78, 5) is 13.0. The van der Waals surface area contributed by atoms with E-state index < -0.39 is 0 Å². The molecule has 4 rings (SSSR count). The van der Waals surface area contributed by atoms with Crippen LogP contribution < -0.4 is 14.8 Å². The van der Waals surface area contributed by atoms with Crippen LogP contribution in [0.1, 0.15) is 28.2 Å². The standard InChI is InChI=1S/C21H20FN3O3/c1-27-13-10-11-16(19(12-13)28-2)23-21(26)20-14-6-5-9-17(14)25(24-20)18-8-4-3-7-15(18)22/h3-4,7-8,10-12H,5-6,9H2,1-2H3,(H,23,26). The van der Waals surface area contributed by atoms with Gasteiger partial charge in [-0.05, 0) is 43.5 Å². The Labute approximate surface area is 161 Å². The smallest absolute Gasteiger partial charge is 0.276 e. The number of methoxy groups -OCH3 is 2. The van der Waals surface area contributed by atoms with Crippen LogP contribution in [0.3, 0.4) is 0 Å². The highest BCUT2D eigenvalue weighted by molar-refractivity contribution is 6.05. The van der Waals surface area contributed by atoms with Gasteiger partial charge in [-0.3, -0.25) is 4.79 Å². The highest BCUT2D eigenvalue weighted by Gasteiger charge is 2.28. The van der Waals surface area contributed by atoms with Crippen molar-refractivity contribution in [1.29, 1.82) is 0 Å². The van der Waals surface area contributed by atoms with Crippen molar-refractivity contribution in [3.8, 4) is 17.2 Å². The largest absolute Gasteiger partial charge is 0.497 e. The molecule has 1 aromatic heterocycles. The molecule has 0 aliphatic heterocycles. The number of para-hydroxylation sites is 1. The van der Waals surface area contributed by atoms with Crippen molar-refractivity contribution >= 4 is 11.6 Å². The van der Waals surface area contributed by atoms with Gasteiger partial charge in [0.1, 0.15) is 23.0 Å². The summed E-state index contributed by atoms with van der Waals surface area (Å²) in [6.45, 7) is 0. The van der Waals surface area contributed by atoms with Gasteiger partial charge in [0.15, 0.2) is 5.69 Å². The average molecular weight is 381 g/mol. The highest BCUT2D eigenvalue weighted by atomic mass is 19.1. The van der Waals surface area contributed by atoms with E-state index in [1.807, 2.05) is 0 Å². The molecule has 6 nitrogen and oxygen atoms in total. The van der Waals surface area contributed by atoms with E-state index in [4.69, 9.17) is 9.47 Å². The Morgan fingerprint density at radius 1 is 1.14 bits per heavy atom. The second-order valence-electron chi connectivity index (χ2n) is 6.51. The van der Waals surface area contributed by atoms with E-state index in [1.165, 1.54) is 13.2 Å². The zero-order chi connectivity index (χ0) is 19.7. The van der Waals surface area contributed by atoms with Crippen LogP contribution >= 0.6 is 0 Å². The fraction of sp³-hybridized carbons (Fsp3) is 0.238. The number of carbonyl (C=O) groups is 1. The van der Waals surface area contributed by atoms with Crippen LogP contribution in [0.2, 0.25) is 0 Å². The molecule has 144 valence electrons. The number of aromatic nitrogens is 2. The van der Waals surface area contributed by atoms with Crippen molar-refractivity contribution in [3.05, 3.63) is 65.2 Å². The Hall–Kier alpha value is -3.35. The molecule has 28 heavy (non-hydrogen) atoms. The van der Waals surface area contributed by atoms with Crippen molar-refractivity contribution in [2.45, 2.75) is 19.3 Å². The van der Waals surface area contributed by atoms with E-state index in [0.717, 1.165) is 30.5 Å². The zero-order valence-corrected chi connectivity index (χ0v) is 15.7. The van der Waals surface area contributed by atoms with E-state index in [9.17, 15) is 9.18 Å². The van der Waals surface area contributed by atoms with Crippen molar-refractivity contribution in [3.63, 3.8) is 0 Å². The van der Waals surface area contributed by atoms with Crippen LogP contribution in [0, 0.1) is 5.82 Å². The second-order valence-corrected chi connectivity index (χ2v) is 6.51. The number of benzene rings is 2. The molecular formula is C21H20FN3O3. The molecule has 0 fully saturated rings. The SMILES string of the molecule is COc1ccc(NC(=O)c2nn(-c3ccccc3F)c3c2CCC3)c(OC)c1. The lowest BCUT2D eigenvalue weighted by Gasteiger charge is -2.11. The van der Waals surface area contributed by atoms with Gasteiger partial charge in [0.05, 0.1) is 19.9 Å². The average Bonchev–Trinajstić information content (AvgIpc) is 3.31. The van der Waals surface area contributed by atoms with E-state index in [-0.39, 0.29) is 11.7 Å². The fourth-order valence-electron chi connectivity index (χ4n) is 3.53. The Bertz CT molecular complexity index is 1050. The predicted octanol–water partition coefficient (Wildman–Crippen LogP) is 3.77. The molecule has 0 bridgehead atoms. The molecular weight excluding hydrogens is 361 g/mol. The lowest BCUT2D eigenvalue weighted by Crippen LogP contribution is -2.15. The number of fused-ring (bicyclic) bond motifs is 1. The van der Waals surface area contributed by atoms with E-state index in [2.05, 4.69) is 10.4 Å². The van der Waals surface area contributed by atoms with Crippen LogP contribution in [0.15, 0.2) is 42.5 Å². The molecule has 7 heteroatoms. The maximum absolute atomic E-state index is 14.3. The molecule has 1 aliphatic carbocycles. The van der Waals surface area contributed by atoms with E-state index in [1.54, 1.807) is 48.2 Å². The summed E-state index contributed by atoms with van der Waals surface area (Å²) < 4.78 is 26.4. The van der Waals surface area contributed by atoms with E-state index >= 15 is 0 Å².